The first-order valence-corrected chi connectivity index (χ1v) is 6.74. The lowest BCUT2D eigenvalue weighted by molar-refractivity contribution is 0.0423. The molecule has 1 N–H and O–H groups in total. The second-order valence-corrected chi connectivity index (χ2v) is 6.61. The summed E-state index contributed by atoms with van der Waals surface area (Å²) in [6.45, 7) is 8.77. The first-order valence-electron chi connectivity index (χ1n) is 6.74. The molecule has 0 spiro atoms. The number of rotatable bonds is 4. The average Bonchev–Trinajstić information content (AvgIpc) is 2.85. The minimum absolute atomic E-state index is 0.356. The molecule has 2 aliphatic carbocycles. The molecule has 0 aliphatic heterocycles. The Labute approximate surface area is 99.9 Å². The topological polar surface area (TPSA) is 20.2 Å². The highest BCUT2D eigenvalue weighted by Crippen LogP contribution is 2.71. The van der Waals surface area contributed by atoms with Gasteiger partial charge < -0.3 is 5.11 Å². The van der Waals surface area contributed by atoms with E-state index in [1.807, 2.05) is 6.92 Å². The Balaban J connectivity index is 1.88. The first kappa shape index (κ1) is 12.2. The highest BCUT2D eigenvalue weighted by Gasteiger charge is 2.67. The van der Waals surface area contributed by atoms with E-state index in [4.69, 9.17) is 0 Å². The van der Waals surface area contributed by atoms with Crippen LogP contribution in [0.2, 0.25) is 0 Å². The average molecular weight is 222 g/mol. The zero-order valence-electron chi connectivity index (χ0n) is 11.2. The molecule has 0 saturated heterocycles. The second kappa shape index (κ2) is 3.87. The summed E-state index contributed by atoms with van der Waals surface area (Å²) in [5.41, 5.74) is 1.58. The number of hydrogen-bond acceptors (Lipinski definition) is 1. The van der Waals surface area contributed by atoms with Gasteiger partial charge in [-0.2, -0.15) is 0 Å². The summed E-state index contributed by atoms with van der Waals surface area (Å²) >= 11 is 0. The van der Waals surface area contributed by atoms with Crippen LogP contribution in [0.5, 0.6) is 0 Å². The van der Waals surface area contributed by atoms with Crippen molar-refractivity contribution in [3.63, 3.8) is 0 Å². The van der Waals surface area contributed by atoms with Crippen molar-refractivity contribution in [1.82, 2.24) is 0 Å². The number of aliphatic hydroxyl groups is 1. The Hall–Kier alpha value is -0.300. The standard InChI is InChI=1S/C15H26O/c1-11(2)6-5-7-12(3)15-9-8-14(4,16)13(15)10-15/h6,12-13,16H,5,7-10H2,1-4H3. The van der Waals surface area contributed by atoms with Crippen LogP contribution in [-0.2, 0) is 0 Å². The fourth-order valence-electron chi connectivity index (χ4n) is 3.80. The summed E-state index contributed by atoms with van der Waals surface area (Å²) in [6, 6.07) is 0. The lowest BCUT2D eigenvalue weighted by atomic mass is 9.84. The van der Waals surface area contributed by atoms with Gasteiger partial charge in [0.2, 0.25) is 0 Å². The molecule has 0 aromatic carbocycles. The van der Waals surface area contributed by atoms with Crippen LogP contribution < -0.4 is 0 Å². The zero-order chi connectivity index (χ0) is 12.0. The van der Waals surface area contributed by atoms with E-state index in [0.717, 1.165) is 12.3 Å². The van der Waals surface area contributed by atoms with E-state index in [1.54, 1.807) is 0 Å². The monoisotopic (exact) mass is 222 g/mol. The third-order valence-corrected chi connectivity index (χ3v) is 5.10. The van der Waals surface area contributed by atoms with E-state index >= 15 is 0 Å². The van der Waals surface area contributed by atoms with Crippen LogP contribution in [0.15, 0.2) is 11.6 Å². The molecule has 4 unspecified atom stereocenters. The maximum atomic E-state index is 10.2. The van der Waals surface area contributed by atoms with Crippen LogP contribution in [0, 0.1) is 17.3 Å². The molecule has 0 aromatic heterocycles. The van der Waals surface area contributed by atoms with E-state index in [0.29, 0.717) is 11.3 Å². The highest BCUT2D eigenvalue weighted by atomic mass is 16.3. The molecular formula is C15H26O. The zero-order valence-corrected chi connectivity index (χ0v) is 11.2. The Bertz CT molecular complexity index is 299. The minimum atomic E-state index is -0.356. The molecule has 0 amide bonds. The molecule has 4 atom stereocenters. The Morgan fingerprint density at radius 2 is 2.12 bits per heavy atom. The van der Waals surface area contributed by atoms with Gasteiger partial charge in [0.1, 0.15) is 0 Å². The van der Waals surface area contributed by atoms with Gasteiger partial charge in [0.15, 0.2) is 0 Å². The summed E-state index contributed by atoms with van der Waals surface area (Å²) in [7, 11) is 0. The molecule has 0 bridgehead atoms. The van der Waals surface area contributed by atoms with Gasteiger partial charge in [0.25, 0.3) is 0 Å². The molecule has 0 heterocycles. The van der Waals surface area contributed by atoms with Gasteiger partial charge in [-0.15, -0.1) is 0 Å². The molecule has 2 fully saturated rings. The van der Waals surface area contributed by atoms with Crippen molar-refractivity contribution in [1.29, 1.82) is 0 Å². The highest BCUT2D eigenvalue weighted by molar-refractivity contribution is 5.17. The number of fused-ring (bicyclic) bond motifs is 1. The van der Waals surface area contributed by atoms with Crippen LogP contribution in [0.25, 0.3) is 0 Å². The lowest BCUT2D eigenvalue weighted by Crippen LogP contribution is -2.23. The summed E-state index contributed by atoms with van der Waals surface area (Å²) in [4.78, 5) is 0. The van der Waals surface area contributed by atoms with Gasteiger partial charge >= 0.3 is 0 Å². The van der Waals surface area contributed by atoms with Crippen LogP contribution in [0.3, 0.4) is 0 Å². The predicted octanol–water partition coefficient (Wildman–Crippen LogP) is 3.92. The molecule has 0 radical (unpaired) electrons. The Morgan fingerprint density at radius 3 is 2.56 bits per heavy atom. The molecule has 92 valence electrons. The molecule has 2 saturated carbocycles. The maximum Gasteiger partial charge on any atom is 0.0653 e. The van der Waals surface area contributed by atoms with Gasteiger partial charge in [0, 0.05) is 0 Å². The summed E-state index contributed by atoms with van der Waals surface area (Å²) < 4.78 is 0. The number of allylic oxidation sites excluding steroid dienone is 2. The first-order chi connectivity index (χ1) is 7.38. The summed E-state index contributed by atoms with van der Waals surface area (Å²) in [5, 5.41) is 10.2. The van der Waals surface area contributed by atoms with Crippen LogP contribution in [0.4, 0.5) is 0 Å². The van der Waals surface area contributed by atoms with E-state index < -0.39 is 0 Å². The largest absolute Gasteiger partial charge is 0.390 e. The van der Waals surface area contributed by atoms with Crippen LogP contribution >= 0.6 is 0 Å². The van der Waals surface area contributed by atoms with E-state index in [9.17, 15) is 5.11 Å². The Morgan fingerprint density at radius 1 is 1.44 bits per heavy atom. The molecule has 2 rings (SSSR count). The van der Waals surface area contributed by atoms with Crippen molar-refractivity contribution in [2.75, 3.05) is 0 Å². The third kappa shape index (κ3) is 1.95. The summed E-state index contributed by atoms with van der Waals surface area (Å²) in [6.07, 6.45) is 8.39. The second-order valence-electron chi connectivity index (χ2n) is 6.61. The summed E-state index contributed by atoms with van der Waals surface area (Å²) in [5.74, 6) is 1.38. The van der Waals surface area contributed by atoms with Gasteiger partial charge in [-0.1, -0.05) is 18.6 Å². The third-order valence-electron chi connectivity index (χ3n) is 5.10. The fraction of sp³-hybridized carbons (Fsp3) is 0.867. The Kier molecular flexibility index (Phi) is 2.94. The minimum Gasteiger partial charge on any atom is -0.390 e. The predicted molar refractivity (Wildman–Crippen MR) is 68.2 cm³/mol. The molecular weight excluding hydrogens is 196 g/mol. The van der Waals surface area contributed by atoms with Crippen LogP contribution in [-0.4, -0.2) is 10.7 Å². The van der Waals surface area contributed by atoms with Crippen molar-refractivity contribution in [2.45, 2.75) is 65.4 Å². The van der Waals surface area contributed by atoms with E-state index in [2.05, 4.69) is 26.8 Å². The SMILES string of the molecule is CC(C)=CCCC(C)C12CCC(C)(O)C1C2. The van der Waals surface area contributed by atoms with Gasteiger partial charge in [-0.25, -0.2) is 0 Å². The van der Waals surface area contributed by atoms with E-state index in [-0.39, 0.29) is 5.60 Å². The van der Waals surface area contributed by atoms with Gasteiger partial charge in [-0.05, 0) is 70.1 Å². The lowest BCUT2D eigenvalue weighted by Gasteiger charge is -2.21. The smallest absolute Gasteiger partial charge is 0.0653 e. The van der Waals surface area contributed by atoms with Crippen molar-refractivity contribution in [3.8, 4) is 0 Å². The molecule has 1 nitrogen and oxygen atoms in total. The molecule has 16 heavy (non-hydrogen) atoms. The normalized spacial score (nSPS) is 42.7. The maximum absolute atomic E-state index is 10.2. The fourth-order valence-corrected chi connectivity index (χ4v) is 3.80. The van der Waals surface area contributed by atoms with Crippen LogP contribution in [0.1, 0.15) is 59.8 Å². The van der Waals surface area contributed by atoms with Crippen molar-refractivity contribution in [2.24, 2.45) is 17.3 Å². The molecule has 0 aromatic rings. The van der Waals surface area contributed by atoms with Gasteiger partial charge in [0.05, 0.1) is 5.60 Å². The number of hydrogen-bond donors (Lipinski definition) is 1. The van der Waals surface area contributed by atoms with Crippen molar-refractivity contribution >= 4 is 0 Å². The van der Waals surface area contributed by atoms with Crippen molar-refractivity contribution in [3.05, 3.63) is 11.6 Å². The van der Waals surface area contributed by atoms with Gasteiger partial charge in [-0.3, -0.25) is 0 Å². The van der Waals surface area contributed by atoms with E-state index in [1.165, 1.54) is 31.3 Å². The van der Waals surface area contributed by atoms with Crippen molar-refractivity contribution < 1.29 is 5.11 Å². The molecule has 1 heteroatoms. The molecule has 2 aliphatic rings. The quantitative estimate of drug-likeness (QED) is 0.715.